The van der Waals surface area contributed by atoms with Gasteiger partial charge in [0.2, 0.25) is 11.8 Å². The third-order valence-electron chi connectivity index (χ3n) is 4.83. The first-order valence-electron chi connectivity index (χ1n) is 8.06. The average molecular weight is 336 g/mol. The van der Waals surface area contributed by atoms with Crippen LogP contribution in [-0.2, 0) is 16.1 Å². The predicted molar refractivity (Wildman–Crippen MR) is 89.0 cm³/mol. The maximum absolute atomic E-state index is 12.5. The SMILES string of the molecule is CC(C(=O)N1CCN(Cc2ccc(Cl)cc2)C(=O)C1)C1CNC1. The highest BCUT2D eigenvalue weighted by Crippen LogP contribution is 2.20. The van der Waals surface area contributed by atoms with Crippen LogP contribution in [-0.4, -0.2) is 54.3 Å². The predicted octanol–water partition coefficient (Wildman–Crippen LogP) is 1.37. The molecule has 2 heterocycles. The van der Waals surface area contributed by atoms with Crippen molar-refractivity contribution in [3.05, 3.63) is 34.9 Å². The minimum absolute atomic E-state index is 0.00753. The number of amides is 2. The van der Waals surface area contributed by atoms with E-state index in [4.69, 9.17) is 11.6 Å². The van der Waals surface area contributed by atoms with Gasteiger partial charge in [-0.15, -0.1) is 0 Å². The van der Waals surface area contributed by atoms with Gasteiger partial charge in [0.25, 0.3) is 0 Å². The fourth-order valence-electron chi connectivity index (χ4n) is 3.03. The molecule has 124 valence electrons. The van der Waals surface area contributed by atoms with Crippen molar-refractivity contribution in [2.24, 2.45) is 11.8 Å². The molecule has 0 radical (unpaired) electrons. The Balaban J connectivity index is 1.55. The first-order valence-corrected chi connectivity index (χ1v) is 8.44. The first kappa shape index (κ1) is 16.3. The lowest BCUT2D eigenvalue weighted by Gasteiger charge is -2.38. The van der Waals surface area contributed by atoms with Crippen LogP contribution in [0.25, 0.3) is 0 Å². The van der Waals surface area contributed by atoms with E-state index in [0.29, 0.717) is 30.6 Å². The monoisotopic (exact) mass is 335 g/mol. The molecule has 1 aromatic carbocycles. The Kier molecular flexibility index (Phi) is 4.87. The number of hydrogen-bond acceptors (Lipinski definition) is 3. The minimum Gasteiger partial charge on any atom is -0.335 e. The van der Waals surface area contributed by atoms with Crippen LogP contribution in [0.4, 0.5) is 0 Å². The Hall–Kier alpha value is -1.59. The number of hydrogen-bond donors (Lipinski definition) is 1. The first-order chi connectivity index (χ1) is 11.0. The number of nitrogens with zero attached hydrogens (tertiary/aromatic N) is 2. The quantitative estimate of drug-likeness (QED) is 0.904. The van der Waals surface area contributed by atoms with Gasteiger partial charge in [-0.05, 0) is 36.7 Å². The molecule has 0 aliphatic carbocycles. The van der Waals surface area contributed by atoms with E-state index in [9.17, 15) is 9.59 Å². The van der Waals surface area contributed by atoms with E-state index in [1.807, 2.05) is 36.1 Å². The Morgan fingerprint density at radius 3 is 2.57 bits per heavy atom. The van der Waals surface area contributed by atoms with E-state index in [2.05, 4.69) is 5.32 Å². The second kappa shape index (κ2) is 6.89. The van der Waals surface area contributed by atoms with E-state index in [1.54, 1.807) is 4.90 Å². The highest BCUT2D eigenvalue weighted by molar-refractivity contribution is 6.30. The molecule has 3 rings (SSSR count). The third kappa shape index (κ3) is 3.67. The fourth-order valence-corrected chi connectivity index (χ4v) is 3.15. The highest BCUT2D eigenvalue weighted by Gasteiger charge is 2.34. The summed E-state index contributed by atoms with van der Waals surface area (Å²) in [5, 5.41) is 3.88. The molecule has 5 nitrogen and oxygen atoms in total. The van der Waals surface area contributed by atoms with Crippen LogP contribution in [0.1, 0.15) is 12.5 Å². The van der Waals surface area contributed by atoms with Crippen molar-refractivity contribution in [2.45, 2.75) is 13.5 Å². The lowest BCUT2D eigenvalue weighted by molar-refractivity contribution is -0.149. The Bertz CT molecular complexity index is 586. The number of rotatable bonds is 4. The van der Waals surface area contributed by atoms with Crippen molar-refractivity contribution >= 4 is 23.4 Å². The second-order valence-corrected chi connectivity index (χ2v) is 6.84. The number of piperazine rings is 1. The summed E-state index contributed by atoms with van der Waals surface area (Å²) in [5.74, 6) is 0.519. The van der Waals surface area contributed by atoms with Crippen LogP contribution in [0.3, 0.4) is 0 Å². The maximum Gasteiger partial charge on any atom is 0.242 e. The molecule has 1 aromatic rings. The normalized spacial score (nSPS) is 20.3. The summed E-state index contributed by atoms with van der Waals surface area (Å²) >= 11 is 5.88. The Morgan fingerprint density at radius 2 is 2.00 bits per heavy atom. The molecular formula is C17H22ClN3O2. The van der Waals surface area contributed by atoms with Gasteiger partial charge in [0.1, 0.15) is 0 Å². The van der Waals surface area contributed by atoms with Gasteiger partial charge in [0, 0.05) is 30.6 Å². The molecule has 23 heavy (non-hydrogen) atoms. The third-order valence-corrected chi connectivity index (χ3v) is 5.08. The van der Waals surface area contributed by atoms with Crippen LogP contribution in [0.15, 0.2) is 24.3 Å². The van der Waals surface area contributed by atoms with Gasteiger partial charge < -0.3 is 15.1 Å². The summed E-state index contributed by atoms with van der Waals surface area (Å²) in [6.45, 7) is 5.73. The van der Waals surface area contributed by atoms with E-state index < -0.39 is 0 Å². The lowest BCUT2D eigenvalue weighted by Crippen LogP contribution is -2.56. The van der Waals surface area contributed by atoms with Gasteiger partial charge in [-0.1, -0.05) is 30.7 Å². The molecule has 6 heteroatoms. The molecule has 1 N–H and O–H groups in total. The average Bonchev–Trinajstić information content (AvgIpc) is 2.49. The molecule has 2 fully saturated rings. The van der Waals surface area contributed by atoms with Gasteiger partial charge in [-0.3, -0.25) is 9.59 Å². The number of carbonyl (C=O) groups is 2. The molecule has 1 unspecified atom stereocenters. The number of benzene rings is 1. The summed E-state index contributed by atoms with van der Waals surface area (Å²) < 4.78 is 0. The minimum atomic E-state index is -0.00753. The zero-order valence-corrected chi connectivity index (χ0v) is 14.1. The van der Waals surface area contributed by atoms with Crippen molar-refractivity contribution in [3.63, 3.8) is 0 Å². The number of halogens is 1. The topological polar surface area (TPSA) is 52.7 Å². The van der Waals surface area contributed by atoms with Gasteiger partial charge in [0.15, 0.2) is 0 Å². The summed E-state index contributed by atoms with van der Waals surface area (Å²) in [6, 6.07) is 7.52. The standard InChI is InChI=1S/C17H22ClN3O2/c1-12(14-8-19-9-14)17(23)21-7-6-20(16(22)11-21)10-13-2-4-15(18)5-3-13/h2-5,12,14,19H,6-11H2,1H3. The Morgan fingerprint density at radius 1 is 1.30 bits per heavy atom. The molecule has 0 aromatic heterocycles. The molecule has 1 atom stereocenters. The molecule has 2 aliphatic rings. The summed E-state index contributed by atoms with van der Waals surface area (Å²) in [4.78, 5) is 28.4. The van der Waals surface area contributed by atoms with Crippen molar-refractivity contribution < 1.29 is 9.59 Å². The van der Waals surface area contributed by atoms with Crippen molar-refractivity contribution in [1.29, 1.82) is 0 Å². The molecule has 2 aliphatic heterocycles. The molecule has 0 spiro atoms. The van der Waals surface area contributed by atoms with Gasteiger partial charge in [0.05, 0.1) is 6.54 Å². The number of nitrogens with one attached hydrogen (secondary N) is 1. The Labute approximate surface area is 141 Å². The largest absolute Gasteiger partial charge is 0.335 e. The summed E-state index contributed by atoms with van der Waals surface area (Å²) in [7, 11) is 0. The van der Waals surface area contributed by atoms with Crippen molar-refractivity contribution in [3.8, 4) is 0 Å². The lowest BCUT2D eigenvalue weighted by atomic mass is 9.88. The highest BCUT2D eigenvalue weighted by atomic mass is 35.5. The van der Waals surface area contributed by atoms with Crippen LogP contribution in [0.2, 0.25) is 5.02 Å². The van der Waals surface area contributed by atoms with Gasteiger partial charge in [-0.2, -0.15) is 0 Å². The van der Waals surface area contributed by atoms with Gasteiger partial charge >= 0.3 is 0 Å². The van der Waals surface area contributed by atoms with E-state index in [0.717, 1.165) is 18.7 Å². The molecular weight excluding hydrogens is 314 g/mol. The number of carbonyl (C=O) groups excluding carboxylic acids is 2. The van der Waals surface area contributed by atoms with E-state index >= 15 is 0 Å². The zero-order valence-electron chi connectivity index (χ0n) is 13.3. The fraction of sp³-hybridized carbons (Fsp3) is 0.529. The zero-order chi connectivity index (χ0) is 16.4. The molecule has 0 bridgehead atoms. The summed E-state index contributed by atoms with van der Waals surface area (Å²) in [5.41, 5.74) is 1.05. The van der Waals surface area contributed by atoms with E-state index in [-0.39, 0.29) is 24.3 Å². The second-order valence-electron chi connectivity index (χ2n) is 6.41. The van der Waals surface area contributed by atoms with Crippen LogP contribution < -0.4 is 5.32 Å². The van der Waals surface area contributed by atoms with Crippen LogP contribution in [0, 0.1) is 11.8 Å². The van der Waals surface area contributed by atoms with E-state index in [1.165, 1.54) is 0 Å². The smallest absolute Gasteiger partial charge is 0.242 e. The van der Waals surface area contributed by atoms with Crippen molar-refractivity contribution in [1.82, 2.24) is 15.1 Å². The maximum atomic E-state index is 12.5. The van der Waals surface area contributed by atoms with Crippen molar-refractivity contribution in [2.75, 3.05) is 32.7 Å². The molecule has 0 saturated carbocycles. The molecule has 2 amide bonds. The van der Waals surface area contributed by atoms with Crippen LogP contribution >= 0.6 is 11.6 Å². The van der Waals surface area contributed by atoms with Crippen LogP contribution in [0.5, 0.6) is 0 Å². The molecule has 2 saturated heterocycles. The summed E-state index contributed by atoms with van der Waals surface area (Å²) in [6.07, 6.45) is 0. The van der Waals surface area contributed by atoms with Gasteiger partial charge in [-0.25, -0.2) is 0 Å².